The van der Waals surface area contributed by atoms with Crippen LogP contribution in [0.2, 0.25) is 0 Å². The zero-order chi connectivity index (χ0) is 14.1. The molecule has 0 spiro atoms. The van der Waals surface area contributed by atoms with Crippen LogP contribution in [-0.2, 0) is 24.1 Å². The van der Waals surface area contributed by atoms with Crippen LogP contribution < -0.4 is 5.73 Å². The highest BCUT2D eigenvalue weighted by molar-refractivity contribution is 5.96. The number of nitrogens with zero attached hydrogens (tertiary/aromatic N) is 1. The minimum Gasteiger partial charge on any atom is -0.465 e. The van der Waals surface area contributed by atoms with Crippen molar-refractivity contribution in [3.63, 3.8) is 0 Å². The van der Waals surface area contributed by atoms with E-state index in [0.29, 0.717) is 12.1 Å². The summed E-state index contributed by atoms with van der Waals surface area (Å²) in [6.07, 6.45) is 4.65. The number of ether oxygens (including phenoxy) is 1. The lowest BCUT2D eigenvalue weighted by molar-refractivity contribution is 0.0601. The summed E-state index contributed by atoms with van der Waals surface area (Å²) in [6, 6.07) is 5.83. The molecule has 4 heteroatoms. The van der Waals surface area contributed by atoms with Crippen LogP contribution in [0, 0.1) is 0 Å². The molecule has 0 amide bonds. The Morgan fingerprint density at radius 2 is 2.15 bits per heavy atom. The molecule has 2 N–H and O–H groups in total. The van der Waals surface area contributed by atoms with E-state index in [1.54, 1.807) is 0 Å². The Bertz CT molecular complexity index is 658. The predicted octanol–water partition coefficient (Wildman–Crippen LogP) is 2.27. The van der Waals surface area contributed by atoms with E-state index in [-0.39, 0.29) is 5.97 Å². The van der Waals surface area contributed by atoms with Crippen LogP contribution in [0.3, 0.4) is 0 Å². The summed E-state index contributed by atoms with van der Waals surface area (Å²) in [6.45, 7) is 1.47. The van der Waals surface area contributed by atoms with E-state index in [9.17, 15) is 4.79 Å². The van der Waals surface area contributed by atoms with Crippen molar-refractivity contribution >= 4 is 16.9 Å². The maximum absolute atomic E-state index is 11.7. The van der Waals surface area contributed by atoms with E-state index in [4.69, 9.17) is 10.5 Å². The van der Waals surface area contributed by atoms with Crippen LogP contribution in [0.25, 0.3) is 10.9 Å². The average molecular weight is 272 g/mol. The Kier molecular flexibility index (Phi) is 3.49. The second-order valence-electron chi connectivity index (χ2n) is 5.30. The molecule has 0 atom stereocenters. The number of carbonyl (C=O) groups excluding carboxylic acids is 1. The lowest BCUT2D eigenvalue weighted by Crippen LogP contribution is -2.14. The minimum absolute atomic E-state index is 0.275. The molecule has 4 nitrogen and oxygen atoms in total. The van der Waals surface area contributed by atoms with Gasteiger partial charge >= 0.3 is 5.97 Å². The Labute approximate surface area is 118 Å². The van der Waals surface area contributed by atoms with Crippen LogP contribution in [0.5, 0.6) is 0 Å². The Morgan fingerprint density at radius 1 is 1.35 bits per heavy atom. The van der Waals surface area contributed by atoms with Gasteiger partial charge in [0.05, 0.1) is 12.7 Å². The van der Waals surface area contributed by atoms with Crippen molar-refractivity contribution < 1.29 is 9.53 Å². The molecule has 1 aliphatic carbocycles. The Morgan fingerprint density at radius 3 is 2.90 bits per heavy atom. The van der Waals surface area contributed by atoms with Crippen molar-refractivity contribution in [2.75, 3.05) is 13.7 Å². The first kappa shape index (κ1) is 13.2. The summed E-state index contributed by atoms with van der Waals surface area (Å²) in [7, 11) is 1.42. The third-order valence-electron chi connectivity index (χ3n) is 4.15. The number of benzene rings is 1. The number of aryl methyl sites for hydroxylation is 1. The SMILES string of the molecule is COC(=O)c1ccc2c(c1)c1c(n2CCN)CCCC1. The Balaban J connectivity index is 2.21. The predicted molar refractivity (Wildman–Crippen MR) is 79.0 cm³/mol. The van der Waals surface area contributed by atoms with Gasteiger partial charge in [0.15, 0.2) is 0 Å². The maximum atomic E-state index is 11.7. The molecular weight excluding hydrogens is 252 g/mol. The number of fused-ring (bicyclic) bond motifs is 3. The molecule has 0 bridgehead atoms. The highest BCUT2D eigenvalue weighted by Gasteiger charge is 2.20. The van der Waals surface area contributed by atoms with Gasteiger partial charge in [-0.1, -0.05) is 0 Å². The summed E-state index contributed by atoms with van der Waals surface area (Å²) in [5.74, 6) is -0.275. The molecule has 0 radical (unpaired) electrons. The third-order valence-corrected chi connectivity index (χ3v) is 4.15. The fourth-order valence-corrected chi connectivity index (χ4v) is 3.27. The van der Waals surface area contributed by atoms with Crippen LogP contribution in [0.4, 0.5) is 0 Å². The molecule has 20 heavy (non-hydrogen) atoms. The minimum atomic E-state index is -0.275. The van der Waals surface area contributed by atoms with Gasteiger partial charge in [0.2, 0.25) is 0 Å². The molecule has 0 unspecified atom stereocenters. The van der Waals surface area contributed by atoms with E-state index in [0.717, 1.165) is 19.4 Å². The van der Waals surface area contributed by atoms with Crippen LogP contribution in [-0.4, -0.2) is 24.2 Å². The molecule has 1 aromatic carbocycles. The normalized spacial score (nSPS) is 14.3. The number of hydrogen-bond donors (Lipinski definition) is 1. The lowest BCUT2D eigenvalue weighted by Gasteiger charge is -2.15. The van der Waals surface area contributed by atoms with E-state index >= 15 is 0 Å². The first-order chi connectivity index (χ1) is 9.76. The summed E-state index contributed by atoms with van der Waals surface area (Å²) in [4.78, 5) is 11.7. The van der Waals surface area contributed by atoms with Gasteiger partial charge in [-0.15, -0.1) is 0 Å². The Hall–Kier alpha value is -1.81. The number of rotatable bonds is 3. The van der Waals surface area contributed by atoms with Gasteiger partial charge in [-0.3, -0.25) is 0 Å². The molecule has 0 fully saturated rings. The van der Waals surface area contributed by atoms with Gasteiger partial charge in [-0.25, -0.2) is 4.79 Å². The fourth-order valence-electron chi connectivity index (χ4n) is 3.27. The highest BCUT2D eigenvalue weighted by Crippen LogP contribution is 2.32. The average Bonchev–Trinajstić information content (AvgIpc) is 2.81. The molecule has 2 aromatic rings. The van der Waals surface area contributed by atoms with Crippen molar-refractivity contribution in [2.45, 2.75) is 32.2 Å². The van der Waals surface area contributed by atoms with Crippen molar-refractivity contribution in [1.82, 2.24) is 4.57 Å². The number of esters is 1. The summed E-state index contributed by atoms with van der Waals surface area (Å²) in [5, 5.41) is 1.19. The van der Waals surface area contributed by atoms with E-state index in [1.165, 1.54) is 42.1 Å². The van der Waals surface area contributed by atoms with Gasteiger partial charge in [0.1, 0.15) is 0 Å². The van der Waals surface area contributed by atoms with E-state index < -0.39 is 0 Å². The molecule has 1 heterocycles. The molecule has 1 aromatic heterocycles. The van der Waals surface area contributed by atoms with Crippen molar-refractivity contribution in [3.05, 3.63) is 35.0 Å². The van der Waals surface area contributed by atoms with Gasteiger partial charge in [0.25, 0.3) is 0 Å². The molecule has 0 aliphatic heterocycles. The number of methoxy groups -OCH3 is 1. The van der Waals surface area contributed by atoms with Crippen LogP contribution >= 0.6 is 0 Å². The summed E-state index contributed by atoms with van der Waals surface area (Å²) < 4.78 is 7.14. The zero-order valence-corrected chi connectivity index (χ0v) is 11.8. The van der Waals surface area contributed by atoms with Gasteiger partial charge in [-0.2, -0.15) is 0 Å². The quantitative estimate of drug-likeness (QED) is 0.872. The topological polar surface area (TPSA) is 57.2 Å². The van der Waals surface area contributed by atoms with E-state index in [2.05, 4.69) is 4.57 Å². The van der Waals surface area contributed by atoms with Gasteiger partial charge in [0, 0.05) is 29.7 Å². The van der Waals surface area contributed by atoms with Gasteiger partial charge in [-0.05, 0) is 49.4 Å². The maximum Gasteiger partial charge on any atom is 0.337 e. The molecule has 1 aliphatic rings. The number of hydrogen-bond acceptors (Lipinski definition) is 3. The van der Waals surface area contributed by atoms with Crippen LogP contribution in [0.15, 0.2) is 18.2 Å². The molecule has 106 valence electrons. The molecule has 0 saturated heterocycles. The highest BCUT2D eigenvalue weighted by atomic mass is 16.5. The summed E-state index contributed by atoms with van der Waals surface area (Å²) in [5.41, 5.74) is 10.4. The van der Waals surface area contributed by atoms with Crippen molar-refractivity contribution in [3.8, 4) is 0 Å². The zero-order valence-electron chi connectivity index (χ0n) is 11.8. The summed E-state index contributed by atoms with van der Waals surface area (Å²) >= 11 is 0. The monoisotopic (exact) mass is 272 g/mol. The number of aromatic nitrogens is 1. The molecule has 3 rings (SSSR count). The third kappa shape index (κ3) is 2.00. The van der Waals surface area contributed by atoms with Crippen LogP contribution in [0.1, 0.15) is 34.5 Å². The van der Waals surface area contributed by atoms with E-state index in [1.807, 2.05) is 18.2 Å². The second-order valence-corrected chi connectivity index (χ2v) is 5.30. The molecular formula is C16H20N2O2. The number of carbonyl (C=O) groups is 1. The van der Waals surface area contributed by atoms with Gasteiger partial charge < -0.3 is 15.0 Å². The first-order valence-corrected chi connectivity index (χ1v) is 7.18. The standard InChI is InChI=1S/C16H20N2O2/c1-20-16(19)11-6-7-15-13(10-11)12-4-2-3-5-14(12)18(15)9-8-17/h6-7,10H,2-5,8-9,17H2,1H3. The molecule has 0 saturated carbocycles. The fraction of sp³-hybridized carbons (Fsp3) is 0.438. The first-order valence-electron chi connectivity index (χ1n) is 7.18. The smallest absolute Gasteiger partial charge is 0.337 e. The van der Waals surface area contributed by atoms with Crippen molar-refractivity contribution in [2.24, 2.45) is 5.73 Å². The lowest BCUT2D eigenvalue weighted by atomic mass is 9.95. The number of nitrogens with two attached hydrogens (primary N) is 1. The largest absolute Gasteiger partial charge is 0.465 e. The van der Waals surface area contributed by atoms with Crippen molar-refractivity contribution in [1.29, 1.82) is 0 Å². The second kappa shape index (κ2) is 5.29.